The summed E-state index contributed by atoms with van der Waals surface area (Å²) >= 11 is 0. The van der Waals surface area contributed by atoms with E-state index in [4.69, 9.17) is 0 Å². The van der Waals surface area contributed by atoms with Gasteiger partial charge >= 0.3 is 0 Å². The molecular weight excluding hydrogens is 260 g/mol. The summed E-state index contributed by atoms with van der Waals surface area (Å²) < 4.78 is 0. The molecule has 1 saturated carbocycles. The van der Waals surface area contributed by atoms with E-state index in [1.165, 1.54) is 37.5 Å². The van der Waals surface area contributed by atoms with E-state index in [-0.39, 0.29) is 0 Å². The molecular formula is C17H22N4. The van der Waals surface area contributed by atoms with E-state index < -0.39 is 0 Å². The average molecular weight is 282 g/mol. The Balaban J connectivity index is 1.65. The van der Waals surface area contributed by atoms with Crippen LogP contribution in [0.25, 0.3) is 10.9 Å². The highest BCUT2D eigenvalue weighted by atomic mass is 15.3. The minimum atomic E-state index is 0.605. The largest absolute Gasteiger partial charge is 0.351 e. The van der Waals surface area contributed by atoms with E-state index in [2.05, 4.69) is 38.4 Å². The number of piperidine rings is 1. The Morgan fingerprint density at radius 1 is 1.10 bits per heavy atom. The monoisotopic (exact) mass is 282 g/mol. The van der Waals surface area contributed by atoms with Gasteiger partial charge in [0.25, 0.3) is 0 Å². The van der Waals surface area contributed by atoms with E-state index in [1.807, 2.05) is 6.07 Å². The first-order chi connectivity index (χ1) is 10.4. The molecule has 1 unspecified atom stereocenters. The molecule has 0 amide bonds. The summed E-state index contributed by atoms with van der Waals surface area (Å²) in [7, 11) is 0. The Labute approximate surface area is 125 Å². The molecule has 4 heteroatoms. The quantitative estimate of drug-likeness (QED) is 0.936. The van der Waals surface area contributed by atoms with Crippen LogP contribution in [0.1, 0.15) is 32.1 Å². The molecule has 4 rings (SSSR count). The molecule has 2 aromatic rings. The van der Waals surface area contributed by atoms with Crippen LogP contribution in [-0.2, 0) is 0 Å². The SMILES string of the molecule is c1ccc2c(N(CC3CCCCN3)C3CC3)ncnc2c1. The number of rotatable bonds is 4. The van der Waals surface area contributed by atoms with Gasteiger partial charge < -0.3 is 10.2 Å². The van der Waals surface area contributed by atoms with Crippen LogP contribution >= 0.6 is 0 Å². The van der Waals surface area contributed by atoms with Gasteiger partial charge in [0.15, 0.2) is 0 Å². The maximum Gasteiger partial charge on any atom is 0.140 e. The van der Waals surface area contributed by atoms with E-state index >= 15 is 0 Å². The highest BCUT2D eigenvalue weighted by molar-refractivity contribution is 5.89. The number of hydrogen-bond donors (Lipinski definition) is 1. The molecule has 2 aliphatic rings. The number of para-hydroxylation sites is 1. The van der Waals surface area contributed by atoms with Crippen LogP contribution in [0.4, 0.5) is 5.82 Å². The third-order valence-electron chi connectivity index (χ3n) is 4.61. The summed E-state index contributed by atoms with van der Waals surface area (Å²) in [6, 6.07) is 9.63. The first-order valence-electron chi connectivity index (χ1n) is 8.11. The van der Waals surface area contributed by atoms with Crippen LogP contribution in [0.5, 0.6) is 0 Å². The van der Waals surface area contributed by atoms with Gasteiger partial charge in [-0.25, -0.2) is 9.97 Å². The Kier molecular flexibility index (Phi) is 3.47. The lowest BCUT2D eigenvalue weighted by molar-refractivity contribution is 0.398. The van der Waals surface area contributed by atoms with Crippen molar-refractivity contribution in [3.8, 4) is 0 Å². The lowest BCUT2D eigenvalue weighted by Crippen LogP contribution is -2.45. The van der Waals surface area contributed by atoms with Crippen molar-refractivity contribution < 1.29 is 0 Å². The van der Waals surface area contributed by atoms with Crippen LogP contribution in [0.3, 0.4) is 0 Å². The molecule has 2 heterocycles. The fourth-order valence-corrected chi connectivity index (χ4v) is 3.33. The molecule has 1 aromatic carbocycles. The molecule has 2 fully saturated rings. The van der Waals surface area contributed by atoms with Gasteiger partial charge in [0.2, 0.25) is 0 Å². The van der Waals surface area contributed by atoms with Gasteiger partial charge in [-0.15, -0.1) is 0 Å². The van der Waals surface area contributed by atoms with Crippen molar-refractivity contribution in [2.45, 2.75) is 44.2 Å². The van der Waals surface area contributed by atoms with E-state index in [1.54, 1.807) is 6.33 Å². The van der Waals surface area contributed by atoms with Gasteiger partial charge in [-0.05, 0) is 44.4 Å². The summed E-state index contributed by atoms with van der Waals surface area (Å²) in [6.45, 7) is 2.24. The Morgan fingerprint density at radius 2 is 2.00 bits per heavy atom. The van der Waals surface area contributed by atoms with Gasteiger partial charge in [0, 0.05) is 24.0 Å². The molecule has 1 aliphatic carbocycles. The van der Waals surface area contributed by atoms with Crippen molar-refractivity contribution in [1.29, 1.82) is 0 Å². The average Bonchev–Trinajstić information content (AvgIpc) is 3.38. The van der Waals surface area contributed by atoms with Gasteiger partial charge in [-0.1, -0.05) is 18.6 Å². The summed E-state index contributed by atoms with van der Waals surface area (Å²) in [5, 5.41) is 4.85. The third-order valence-corrected chi connectivity index (χ3v) is 4.61. The fourth-order valence-electron chi connectivity index (χ4n) is 3.33. The van der Waals surface area contributed by atoms with Crippen molar-refractivity contribution >= 4 is 16.7 Å². The van der Waals surface area contributed by atoms with Crippen molar-refractivity contribution in [2.24, 2.45) is 0 Å². The Morgan fingerprint density at radius 3 is 2.81 bits per heavy atom. The number of hydrogen-bond acceptors (Lipinski definition) is 4. The number of anilines is 1. The standard InChI is InChI=1S/C17H22N4/c1-2-7-16-15(6-1)17(20-12-19-16)21(14-8-9-14)11-13-5-3-4-10-18-13/h1-2,6-7,12-14,18H,3-5,8-11H2. The number of nitrogens with one attached hydrogen (secondary N) is 1. The lowest BCUT2D eigenvalue weighted by atomic mass is 10.0. The molecule has 0 spiro atoms. The first-order valence-corrected chi connectivity index (χ1v) is 8.11. The van der Waals surface area contributed by atoms with Crippen LogP contribution in [0.15, 0.2) is 30.6 Å². The second kappa shape index (κ2) is 5.60. The summed E-state index contributed by atoms with van der Waals surface area (Å²) in [5.41, 5.74) is 1.05. The highest BCUT2D eigenvalue weighted by Gasteiger charge is 2.32. The zero-order chi connectivity index (χ0) is 14.1. The zero-order valence-corrected chi connectivity index (χ0v) is 12.3. The van der Waals surface area contributed by atoms with E-state index in [0.717, 1.165) is 24.4 Å². The van der Waals surface area contributed by atoms with Crippen LogP contribution in [0, 0.1) is 0 Å². The Bertz CT molecular complexity index is 612. The predicted molar refractivity (Wildman–Crippen MR) is 85.5 cm³/mol. The van der Waals surface area contributed by atoms with Crippen LogP contribution in [0.2, 0.25) is 0 Å². The second-order valence-electron chi connectivity index (χ2n) is 6.24. The molecule has 110 valence electrons. The zero-order valence-electron chi connectivity index (χ0n) is 12.3. The maximum atomic E-state index is 4.62. The summed E-state index contributed by atoms with van der Waals surface area (Å²) in [5.74, 6) is 1.12. The molecule has 1 aliphatic heterocycles. The minimum Gasteiger partial charge on any atom is -0.351 e. The fraction of sp³-hybridized carbons (Fsp3) is 0.529. The predicted octanol–water partition coefficient (Wildman–Crippen LogP) is 2.74. The topological polar surface area (TPSA) is 41.0 Å². The van der Waals surface area contributed by atoms with E-state index in [0.29, 0.717) is 12.1 Å². The summed E-state index contributed by atoms with van der Waals surface area (Å²) in [6.07, 6.45) is 8.25. The molecule has 21 heavy (non-hydrogen) atoms. The van der Waals surface area contributed by atoms with E-state index in [9.17, 15) is 0 Å². The third kappa shape index (κ3) is 2.72. The van der Waals surface area contributed by atoms with Gasteiger partial charge in [-0.3, -0.25) is 0 Å². The molecule has 1 saturated heterocycles. The normalized spacial score (nSPS) is 22.4. The lowest BCUT2D eigenvalue weighted by Gasteiger charge is -2.32. The number of benzene rings is 1. The molecule has 4 nitrogen and oxygen atoms in total. The van der Waals surface area contributed by atoms with Crippen molar-refractivity contribution in [3.63, 3.8) is 0 Å². The van der Waals surface area contributed by atoms with Gasteiger partial charge in [0.05, 0.1) is 5.52 Å². The number of fused-ring (bicyclic) bond motifs is 1. The summed E-state index contributed by atoms with van der Waals surface area (Å²) in [4.78, 5) is 11.5. The van der Waals surface area contributed by atoms with Crippen LogP contribution in [-0.4, -0.2) is 35.1 Å². The number of nitrogens with zero attached hydrogens (tertiary/aromatic N) is 3. The number of aromatic nitrogens is 2. The minimum absolute atomic E-state index is 0.605. The highest BCUT2D eigenvalue weighted by Crippen LogP contribution is 2.34. The first kappa shape index (κ1) is 13.0. The van der Waals surface area contributed by atoms with Gasteiger partial charge in [-0.2, -0.15) is 0 Å². The molecule has 0 bridgehead atoms. The Hall–Kier alpha value is -1.68. The smallest absolute Gasteiger partial charge is 0.140 e. The van der Waals surface area contributed by atoms with Crippen molar-refractivity contribution in [2.75, 3.05) is 18.0 Å². The molecule has 1 aromatic heterocycles. The molecule has 0 radical (unpaired) electrons. The van der Waals surface area contributed by atoms with Crippen LogP contribution < -0.4 is 10.2 Å². The maximum absolute atomic E-state index is 4.62. The van der Waals surface area contributed by atoms with Crippen molar-refractivity contribution in [1.82, 2.24) is 15.3 Å². The molecule has 1 atom stereocenters. The van der Waals surface area contributed by atoms with Crippen molar-refractivity contribution in [3.05, 3.63) is 30.6 Å². The molecule has 1 N–H and O–H groups in total. The van der Waals surface area contributed by atoms with Gasteiger partial charge in [0.1, 0.15) is 12.1 Å². The second-order valence-corrected chi connectivity index (χ2v) is 6.24.